The first-order valence-electron chi connectivity index (χ1n) is 6.10. The Balaban J connectivity index is 2.68. The Labute approximate surface area is 104 Å². The average molecular weight is 234 g/mol. The molecule has 1 amide bonds. The van der Waals surface area contributed by atoms with Gasteiger partial charge < -0.3 is 10.2 Å². The number of carbonyl (C=O) groups is 1. The van der Waals surface area contributed by atoms with Crippen LogP contribution in [-0.4, -0.2) is 26.0 Å². The number of anilines is 1. The zero-order valence-electron chi connectivity index (χ0n) is 11.2. The fourth-order valence-corrected chi connectivity index (χ4v) is 1.81. The second kappa shape index (κ2) is 6.40. The minimum absolute atomic E-state index is 0.102. The largest absolute Gasteiger partial charge is 0.314 e. The van der Waals surface area contributed by atoms with Gasteiger partial charge in [0, 0.05) is 12.7 Å². The zero-order valence-corrected chi connectivity index (χ0v) is 11.2. The number of nitrogens with zero attached hydrogens (tertiary/aromatic N) is 1. The fraction of sp³-hybridized carbons (Fsp3) is 0.500. The van der Waals surface area contributed by atoms with Crippen molar-refractivity contribution in [2.45, 2.75) is 27.2 Å². The van der Waals surface area contributed by atoms with Crippen molar-refractivity contribution < 1.29 is 4.79 Å². The SMILES string of the molecule is CCCNCC(=O)N(C)c1ccc(C)cc1C. The van der Waals surface area contributed by atoms with Crippen molar-refractivity contribution in [3.63, 3.8) is 0 Å². The molecule has 0 heterocycles. The number of likely N-dealkylation sites (N-methyl/N-ethyl adjacent to an activating group) is 1. The van der Waals surface area contributed by atoms with Crippen LogP contribution in [0, 0.1) is 13.8 Å². The molecular weight excluding hydrogens is 212 g/mol. The van der Waals surface area contributed by atoms with Crippen molar-refractivity contribution in [3.05, 3.63) is 29.3 Å². The van der Waals surface area contributed by atoms with E-state index in [0.717, 1.165) is 24.2 Å². The normalized spacial score (nSPS) is 10.4. The molecule has 3 nitrogen and oxygen atoms in total. The highest BCUT2D eigenvalue weighted by atomic mass is 16.2. The van der Waals surface area contributed by atoms with Gasteiger partial charge in [-0.25, -0.2) is 0 Å². The van der Waals surface area contributed by atoms with Crippen LogP contribution in [0.5, 0.6) is 0 Å². The molecule has 1 aromatic rings. The highest BCUT2D eigenvalue weighted by Gasteiger charge is 2.11. The Bertz CT molecular complexity index is 388. The molecule has 0 bridgehead atoms. The number of rotatable bonds is 5. The van der Waals surface area contributed by atoms with Crippen LogP contribution in [0.3, 0.4) is 0 Å². The first-order valence-corrected chi connectivity index (χ1v) is 6.10. The minimum atomic E-state index is 0.102. The van der Waals surface area contributed by atoms with Crippen molar-refractivity contribution in [3.8, 4) is 0 Å². The number of hydrogen-bond donors (Lipinski definition) is 1. The molecule has 0 saturated carbocycles. The molecule has 17 heavy (non-hydrogen) atoms. The van der Waals surface area contributed by atoms with E-state index < -0.39 is 0 Å². The highest BCUT2D eigenvalue weighted by molar-refractivity contribution is 5.94. The smallest absolute Gasteiger partial charge is 0.240 e. The summed E-state index contributed by atoms with van der Waals surface area (Å²) in [7, 11) is 1.83. The number of aryl methyl sites for hydroxylation is 2. The van der Waals surface area contributed by atoms with Gasteiger partial charge in [0.05, 0.1) is 6.54 Å². The molecule has 0 spiro atoms. The van der Waals surface area contributed by atoms with Gasteiger partial charge in [-0.3, -0.25) is 4.79 Å². The fourth-order valence-electron chi connectivity index (χ4n) is 1.81. The zero-order chi connectivity index (χ0) is 12.8. The molecule has 0 aliphatic heterocycles. The Morgan fingerprint density at radius 3 is 2.65 bits per heavy atom. The summed E-state index contributed by atoms with van der Waals surface area (Å²) < 4.78 is 0. The van der Waals surface area contributed by atoms with Crippen LogP contribution in [-0.2, 0) is 4.79 Å². The number of hydrogen-bond acceptors (Lipinski definition) is 2. The molecule has 0 aromatic heterocycles. The van der Waals surface area contributed by atoms with E-state index in [0.29, 0.717) is 6.54 Å². The first-order chi connectivity index (χ1) is 8.06. The van der Waals surface area contributed by atoms with Crippen LogP contribution in [0.1, 0.15) is 24.5 Å². The van der Waals surface area contributed by atoms with Crippen molar-refractivity contribution in [2.24, 2.45) is 0 Å². The summed E-state index contributed by atoms with van der Waals surface area (Å²) in [5.74, 6) is 0.102. The van der Waals surface area contributed by atoms with Crippen molar-refractivity contribution in [1.29, 1.82) is 0 Å². The van der Waals surface area contributed by atoms with Gasteiger partial charge in [0.1, 0.15) is 0 Å². The quantitative estimate of drug-likeness (QED) is 0.793. The third-order valence-electron chi connectivity index (χ3n) is 2.79. The third kappa shape index (κ3) is 3.86. The lowest BCUT2D eigenvalue weighted by molar-refractivity contribution is -0.117. The monoisotopic (exact) mass is 234 g/mol. The average Bonchev–Trinajstić information content (AvgIpc) is 2.28. The Hall–Kier alpha value is -1.35. The summed E-state index contributed by atoms with van der Waals surface area (Å²) >= 11 is 0. The molecule has 0 radical (unpaired) electrons. The van der Waals surface area contributed by atoms with Crippen LogP contribution in [0.15, 0.2) is 18.2 Å². The summed E-state index contributed by atoms with van der Waals surface area (Å²) in [6, 6.07) is 6.13. The number of carbonyl (C=O) groups excluding carboxylic acids is 1. The van der Waals surface area contributed by atoms with E-state index in [4.69, 9.17) is 0 Å². The summed E-state index contributed by atoms with van der Waals surface area (Å²) in [5, 5.41) is 3.13. The van der Waals surface area contributed by atoms with Crippen LogP contribution in [0.4, 0.5) is 5.69 Å². The van der Waals surface area contributed by atoms with E-state index in [-0.39, 0.29) is 5.91 Å². The van der Waals surface area contributed by atoms with Crippen molar-refractivity contribution in [2.75, 3.05) is 25.0 Å². The van der Waals surface area contributed by atoms with Crippen molar-refractivity contribution in [1.82, 2.24) is 5.32 Å². The lowest BCUT2D eigenvalue weighted by atomic mass is 10.1. The molecule has 1 rings (SSSR count). The summed E-state index contributed by atoms with van der Waals surface area (Å²) in [6.07, 6.45) is 1.04. The van der Waals surface area contributed by atoms with Gasteiger partial charge >= 0.3 is 0 Å². The van der Waals surface area contributed by atoms with Crippen molar-refractivity contribution >= 4 is 11.6 Å². The number of benzene rings is 1. The van der Waals surface area contributed by atoms with Gasteiger partial charge in [-0.1, -0.05) is 24.6 Å². The molecule has 3 heteroatoms. The predicted molar refractivity (Wildman–Crippen MR) is 72.5 cm³/mol. The lowest BCUT2D eigenvalue weighted by Gasteiger charge is -2.20. The van der Waals surface area contributed by atoms with Gasteiger partial charge in [-0.2, -0.15) is 0 Å². The minimum Gasteiger partial charge on any atom is -0.314 e. The van der Waals surface area contributed by atoms with E-state index in [9.17, 15) is 4.79 Å². The number of nitrogens with one attached hydrogen (secondary N) is 1. The molecule has 0 saturated heterocycles. The summed E-state index contributed by atoms with van der Waals surface area (Å²) in [6.45, 7) is 7.46. The second-order valence-corrected chi connectivity index (χ2v) is 4.42. The Kier molecular flexibility index (Phi) is 5.16. The molecule has 94 valence electrons. The molecule has 0 atom stereocenters. The van der Waals surface area contributed by atoms with Gasteiger partial charge in [0.25, 0.3) is 0 Å². The number of amides is 1. The van der Waals surface area contributed by atoms with Gasteiger partial charge in [0.15, 0.2) is 0 Å². The third-order valence-corrected chi connectivity index (χ3v) is 2.79. The van der Waals surface area contributed by atoms with Crippen LogP contribution in [0.2, 0.25) is 0 Å². The maximum absolute atomic E-state index is 11.9. The van der Waals surface area contributed by atoms with Crippen LogP contribution < -0.4 is 10.2 Å². The molecule has 1 N–H and O–H groups in total. The summed E-state index contributed by atoms with van der Waals surface area (Å²) in [4.78, 5) is 13.6. The lowest BCUT2D eigenvalue weighted by Crippen LogP contribution is -2.36. The molecule has 0 aliphatic carbocycles. The maximum atomic E-state index is 11.9. The molecule has 0 unspecified atom stereocenters. The van der Waals surface area contributed by atoms with Gasteiger partial charge in [-0.05, 0) is 38.4 Å². The van der Waals surface area contributed by atoms with Crippen LogP contribution in [0.25, 0.3) is 0 Å². The summed E-state index contributed by atoms with van der Waals surface area (Å²) in [5.41, 5.74) is 3.34. The highest BCUT2D eigenvalue weighted by Crippen LogP contribution is 2.19. The van der Waals surface area contributed by atoms with Gasteiger partial charge in [0.2, 0.25) is 5.91 Å². The molecule has 0 aliphatic rings. The standard InChI is InChI=1S/C14H22N2O/c1-5-8-15-10-14(17)16(4)13-7-6-11(2)9-12(13)3/h6-7,9,15H,5,8,10H2,1-4H3. The molecular formula is C14H22N2O. The molecule has 1 aromatic carbocycles. The van der Waals surface area contributed by atoms with Gasteiger partial charge in [-0.15, -0.1) is 0 Å². The van der Waals surface area contributed by atoms with E-state index in [1.165, 1.54) is 5.56 Å². The second-order valence-electron chi connectivity index (χ2n) is 4.42. The van der Waals surface area contributed by atoms with E-state index in [2.05, 4.69) is 25.2 Å². The topological polar surface area (TPSA) is 32.3 Å². The van der Waals surface area contributed by atoms with E-state index in [1.54, 1.807) is 4.90 Å². The Morgan fingerprint density at radius 1 is 1.35 bits per heavy atom. The maximum Gasteiger partial charge on any atom is 0.240 e. The van der Waals surface area contributed by atoms with Crippen LogP contribution >= 0.6 is 0 Å². The van der Waals surface area contributed by atoms with E-state index in [1.807, 2.05) is 26.1 Å². The Morgan fingerprint density at radius 2 is 2.06 bits per heavy atom. The predicted octanol–water partition coefficient (Wildman–Crippen LogP) is 2.27. The van der Waals surface area contributed by atoms with E-state index >= 15 is 0 Å². The molecule has 0 fully saturated rings. The first kappa shape index (κ1) is 13.7.